The largest absolute Gasteiger partial charge is 0.417 e. The van der Waals surface area contributed by atoms with Crippen LogP contribution in [0.25, 0.3) is 111 Å². The van der Waals surface area contributed by atoms with Gasteiger partial charge in [-0.15, -0.1) is 0 Å². The Morgan fingerprint density at radius 1 is 0.351 bits per heavy atom. The number of rotatable bonds is 7. The van der Waals surface area contributed by atoms with Crippen LogP contribution in [0.15, 0.2) is 176 Å². The molecule has 2 heterocycles. The molecule has 0 bridgehead atoms. The van der Waals surface area contributed by atoms with Crippen LogP contribution in [0.1, 0.15) is 61.2 Å². The molecule has 3 nitrogen and oxygen atoms in total. The van der Waals surface area contributed by atoms with Crippen molar-refractivity contribution >= 4 is 43.6 Å². The van der Waals surface area contributed by atoms with E-state index in [2.05, 4.69) is 216 Å². The van der Waals surface area contributed by atoms with Gasteiger partial charge in [-0.1, -0.05) is 156 Å². The predicted molar refractivity (Wildman–Crippen MR) is 315 cm³/mol. The van der Waals surface area contributed by atoms with E-state index in [-0.39, 0.29) is 16.7 Å². The number of aromatic nitrogens is 2. The molecule has 0 N–H and O–H groups in total. The van der Waals surface area contributed by atoms with Crippen LogP contribution in [0, 0.1) is 73.6 Å². The molecule has 0 aliphatic carbocycles. The molecule has 0 unspecified atom stereocenters. The zero-order chi connectivity index (χ0) is 53.8. The van der Waals surface area contributed by atoms with E-state index in [4.69, 9.17) is 0 Å². The summed E-state index contributed by atoms with van der Waals surface area (Å²) in [5, 5.41) is 15.4. The van der Waals surface area contributed by atoms with Crippen molar-refractivity contribution in [3.8, 4) is 73.1 Å². The summed E-state index contributed by atoms with van der Waals surface area (Å²) in [7, 11) is 0. The van der Waals surface area contributed by atoms with Crippen molar-refractivity contribution < 1.29 is 13.2 Å². The molecule has 0 saturated heterocycles. The maximum atomic E-state index is 15.5. The number of halogens is 3. The fourth-order valence-electron chi connectivity index (χ4n) is 12.3. The molecule has 0 spiro atoms. The fourth-order valence-corrected chi connectivity index (χ4v) is 12.3. The second kappa shape index (κ2) is 18.4. The molecule has 0 saturated carbocycles. The lowest BCUT2D eigenvalue weighted by molar-refractivity contribution is -0.137. The highest BCUT2D eigenvalue weighted by atomic mass is 19.4. The molecular weight excluding hydrogens is 952 g/mol. The van der Waals surface area contributed by atoms with Crippen LogP contribution in [0.5, 0.6) is 0 Å². The number of aryl methyl sites for hydroxylation is 9. The highest BCUT2D eigenvalue weighted by molar-refractivity contribution is 6.14. The Bertz CT molecular complexity index is 4280. The molecule has 0 atom stereocenters. The Morgan fingerprint density at radius 2 is 0.688 bits per heavy atom. The third kappa shape index (κ3) is 8.29. The first-order valence-electron chi connectivity index (χ1n) is 26.2. The van der Waals surface area contributed by atoms with Gasteiger partial charge in [-0.25, -0.2) is 0 Å². The first kappa shape index (κ1) is 49.0. The summed E-state index contributed by atoms with van der Waals surface area (Å²) < 4.78 is 50.9. The summed E-state index contributed by atoms with van der Waals surface area (Å²) in [5.74, 6) is 0. The summed E-state index contributed by atoms with van der Waals surface area (Å²) in [6.07, 6.45) is -4.71. The van der Waals surface area contributed by atoms with Gasteiger partial charge in [0.15, 0.2) is 0 Å². The number of fused-ring (bicyclic) bond motifs is 6. The Labute approximate surface area is 447 Å². The lowest BCUT2D eigenvalue weighted by Crippen LogP contribution is -2.10. The molecule has 77 heavy (non-hydrogen) atoms. The average molecular weight is 1010 g/mol. The van der Waals surface area contributed by atoms with Gasteiger partial charge in [0.05, 0.1) is 50.6 Å². The number of nitriles is 1. The molecule has 0 amide bonds. The lowest BCUT2D eigenvalue weighted by Gasteiger charge is -2.22. The Balaban J connectivity index is 1.29. The van der Waals surface area contributed by atoms with E-state index in [1.54, 1.807) is 13.0 Å². The van der Waals surface area contributed by atoms with Gasteiger partial charge in [0.2, 0.25) is 0 Å². The van der Waals surface area contributed by atoms with Crippen molar-refractivity contribution in [3.63, 3.8) is 0 Å². The summed E-state index contributed by atoms with van der Waals surface area (Å²) in [6, 6.07) is 62.7. The number of hydrogen-bond acceptors (Lipinski definition) is 1. The van der Waals surface area contributed by atoms with E-state index >= 15 is 13.2 Å². The molecule has 12 rings (SSSR count). The van der Waals surface area contributed by atoms with E-state index in [0.717, 1.165) is 128 Å². The maximum absolute atomic E-state index is 15.5. The van der Waals surface area contributed by atoms with Gasteiger partial charge in [-0.05, 0) is 183 Å². The molecule has 10 aromatic carbocycles. The van der Waals surface area contributed by atoms with E-state index < -0.39 is 11.7 Å². The normalized spacial score (nSPS) is 11.9. The van der Waals surface area contributed by atoms with Crippen molar-refractivity contribution in [2.75, 3.05) is 0 Å². The van der Waals surface area contributed by atoms with Gasteiger partial charge >= 0.3 is 6.18 Å². The second-order valence-electron chi connectivity index (χ2n) is 21.4. The SMILES string of the molecule is Cc1ccc(-c2ccc3c4ccc(-c5ccc(C)cc5C)cc4n(-c4cc(C#N)c(-c5c(C)cccc5C(F)(F)F)cc4-n4c5cc(-c6ccc(C)cc6C)ccc5c5ccc(-c6ccc(C)cc6C)cc54)c3c2)c(C)c1. The highest BCUT2D eigenvalue weighted by Crippen LogP contribution is 2.47. The zero-order valence-electron chi connectivity index (χ0n) is 44.7. The van der Waals surface area contributed by atoms with E-state index in [9.17, 15) is 5.26 Å². The zero-order valence-corrected chi connectivity index (χ0v) is 44.7. The minimum atomic E-state index is -4.71. The standard InChI is InChI=1S/C71H56F3N3/c1-40-13-21-54(45(6)29-40)49-17-25-58-59-26-18-50(55-22-14-41(2)30-46(55)7)34-65(59)76(64(58)33-49)68-37-53(39-75)62(70-44(5)11-10-12-63(70)71(72,73)74)38-69(68)77-66-35-51(56-23-15-42(3)31-47(56)8)19-27-60(66)61-28-20-52(36-67(61)77)57-24-16-43(4)32-48(57)9/h10-38H,1-9H3. The average Bonchev–Trinajstić information content (AvgIpc) is 4.08. The number of nitrogens with zero attached hydrogens (tertiary/aromatic N) is 3. The van der Waals surface area contributed by atoms with Crippen molar-refractivity contribution in [1.29, 1.82) is 5.26 Å². The van der Waals surface area contributed by atoms with E-state index in [0.29, 0.717) is 16.9 Å². The van der Waals surface area contributed by atoms with Crippen LogP contribution in [0.4, 0.5) is 13.2 Å². The van der Waals surface area contributed by atoms with Crippen molar-refractivity contribution in [2.24, 2.45) is 0 Å². The molecule has 0 fully saturated rings. The van der Waals surface area contributed by atoms with Crippen LogP contribution in [-0.2, 0) is 6.18 Å². The first-order valence-corrected chi connectivity index (χ1v) is 26.2. The maximum Gasteiger partial charge on any atom is 0.417 e. The Kier molecular flexibility index (Phi) is 11.7. The van der Waals surface area contributed by atoms with Gasteiger partial charge < -0.3 is 9.13 Å². The monoisotopic (exact) mass is 1010 g/mol. The van der Waals surface area contributed by atoms with Crippen LogP contribution in [0.2, 0.25) is 0 Å². The van der Waals surface area contributed by atoms with Gasteiger partial charge in [0, 0.05) is 27.1 Å². The molecule has 12 aromatic rings. The quantitative estimate of drug-likeness (QED) is 0.157. The lowest BCUT2D eigenvalue weighted by atomic mass is 9.90. The van der Waals surface area contributed by atoms with Crippen molar-refractivity contribution in [2.45, 2.75) is 68.5 Å². The second-order valence-corrected chi connectivity index (χ2v) is 21.4. The first-order chi connectivity index (χ1) is 36.9. The molecule has 6 heteroatoms. The molecule has 0 aliphatic heterocycles. The summed E-state index contributed by atoms with van der Waals surface area (Å²) in [4.78, 5) is 0. The van der Waals surface area contributed by atoms with Crippen molar-refractivity contribution in [1.82, 2.24) is 9.13 Å². The van der Waals surface area contributed by atoms with Crippen LogP contribution < -0.4 is 0 Å². The van der Waals surface area contributed by atoms with Crippen LogP contribution in [-0.4, -0.2) is 9.13 Å². The highest BCUT2D eigenvalue weighted by Gasteiger charge is 2.35. The van der Waals surface area contributed by atoms with E-state index in [1.165, 1.54) is 17.2 Å². The van der Waals surface area contributed by atoms with Gasteiger partial charge in [0.1, 0.15) is 0 Å². The fraction of sp³-hybridized carbons (Fsp3) is 0.141. The van der Waals surface area contributed by atoms with Crippen molar-refractivity contribution in [3.05, 3.63) is 237 Å². The summed E-state index contributed by atoms with van der Waals surface area (Å²) in [5.41, 5.74) is 22.4. The number of hydrogen-bond donors (Lipinski definition) is 0. The minimum Gasteiger partial charge on any atom is -0.307 e. The Hall–Kier alpha value is -8.92. The molecule has 2 aromatic heterocycles. The summed E-state index contributed by atoms with van der Waals surface area (Å²) >= 11 is 0. The number of benzene rings is 10. The van der Waals surface area contributed by atoms with Crippen LogP contribution in [0.3, 0.4) is 0 Å². The van der Waals surface area contributed by atoms with E-state index in [1.807, 2.05) is 12.1 Å². The number of alkyl halides is 3. The third-order valence-corrected chi connectivity index (χ3v) is 15.9. The molecule has 0 radical (unpaired) electrons. The third-order valence-electron chi connectivity index (χ3n) is 15.9. The minimum absolute atomic E-state index is 0.0199. The molecule has 0 aliphatic rings. The smallest absolute Gasteiger partial charge is 0.307 e. The van der Waals surface area contributed by atoms with Gasteiger partial charge in [-0.3, -0.25) is 0 Å². The van der Waals surface area contributed by atoms with Crippen LogP contribution >= 0.6 is 0 Å². The molecular formula is C71H56F3N3. The van der Waals surface area contributed by atoms with Gasteiger partial charge in [-0.2, -0.15) is 18.4 Å². The van der Waals surface area contributed by atoms with Gasteiger partial charge in [0.25, 0.3) is 0 Å². The predicted octanol–water partition coefficient (Wildman–Crippen LogP) is 19.9. The summed E-state index contributed by atoms with van der Waals surface area (Å²) in [6.45, 7) is 18.6. The molecule has 376 valence electrons. The topological polar surface area (TPSA) is 33.6 Å². The Morgan fingerprint density at radius 3 is 1.00 bits per heavy atom.